The number of ether oxygens (including phenoxy) is 1. The standard InChI is InChI=1S/C19H23F2N3O3S/c20-17-2-3-19(18(21)14-17)28(25,26)24(15-16-4-6-22-7-5-16)9-1-8-23-10-12-27-13-11-23/h2-7,14H,1,8-13,15H2. The second-order valence-corrected chi connectivity index (χ2v) is 8.48. The molecule has 2 heterocycles. The van der Waals surface area contributed by atoms with Gasteiger partial charge >= 0.3 is 0 Å². The molecule has 0 spiro atoms. The third kappa shape index (κ3) is 5.32. The first-order valence-corrected chi connectivity index (χ1v) is 10.5. The molecule has 1 aliphatic rings. The topological polar surface area (TPSA) is 62.7 Å². The average molecular weight is 411 g/mol. The third-order valence-electron chi connectivity index (χ3n) is 4.61. The summed E-state index contributed by atoms with van der Waals surface area (Å²) in [6.45, 7) is 3.98. The highest BCUT2D eigenvalue weighted by Gasteiger charge is 2.28. The van der Waals surface area contributed by atoms with E-state index in [9.17, 15) is 17.2 Å². The first kappa shape index (κ1) is 20.8. The Morgan fingerprint density at radius 2 is 1.82 bits per heavy atom. The molecular formula is C19H23F2N3O3S. The summed E-state index contributed by atoms with van der Waals surface area (Å²) in [7, 11) is -4.12. The van der Waals surface area contributed by atoms with E-state index in [2.05, 4.69) is 9.88 Å². The highest BCUT2D eigenvalue weighted by Crippen LogP contribution is 2.22. The number of halogens is 2. The van der Waals surface area contributed by atoms with Crippen LogP contribution in [0.5, 0.6) is 0 Å². The van der Waals surface area contributed by atoms with Crippen molar-refractivity contribution in [2.75, 3.05) is 39.4 Å². The molecule has 9 heteroatoms. The van der Waals surface area contributed by atoms with Crippen LogP contribution >= 0.6 is 0 Å². The fourth-order valence-electron chi connectivity index (χ4n) is 3.09. The molecule has 0 saturated carbocycles. The Morgan fingerprint density at radius 1 is 1.11 bits per heavy atom. The van der Waals surface area contributed by atoms with Crippen molar-refractivity contribution in [3.05, 3.63) is 59.9 Å². The lowest BCUT2D eigenvalue weighted by atomic mass is 10.2. The minimum absolute atomic E-state index is 0.0881. The van der Waals surface area contributed by atoms with Crippen molar-refractivity contribution in [2.45, 2.75) is 17.9 Å². The lowest BCUT2D eigenvalue weighted by Crippen LogP contribution is -2.39. The molecule has 0 aliphatic carbocycles. The number of hydrogen-bond donors (Lipinski definition) is 0. The monoisotopic (exact) mass is 411 g/mol. The minimum atomic E-state index is -4.12. The van der Waals surface area contributed by atoms with Crippen molar-refractivity contribution in [1.29, 1.82) is 0 Å². The molecule has 1 aromatic heterocycles. The van der Waals surface area contributed by atoms with Crippen molar-refractivity contribution >= 4 is 10.0 Å². The molecule has 28 heavy (non-hydrogen) atoms. The fraction of sp³-hybridized carbons (Fsp3) is 0.421. The van der Waals surface area contributed by atoms with E-state index >= 15 is 0 Å². The minimum Gasteiger partial charge on any atom is -0.379 e. The van der Waals surface area contributed by atoms with E-state index in [4.69, 9.17) is 4.74 Å². The summed E-state index contributed by atoms with van der Waals surface area (Å²) < 4.78 is 60.1. The van der Waals surface area contributed by atoms with E-state index in [0.29, 0.717) is 25.7 Å². The molecule has 2 aromatic rings. The molecule has 0 N–H and O–H groups in total. The van der Waals surface area contributed by atoms with Gasteiger partial charge in [0.1, 0.15) is 16.5 Å². The van der Waals surface area contributed by atoms with Gasteiger partial charge in [-0.25, -0.2) is 17.2 Å². The molecule has 0 unspecified atom stereocenters. The normalized spacial score (nSPS) is 15.8. The van der Waals surface area contributed by atoms with Gasteiger partial charge in [0.15, 0.2) is 0 Å². The molecule has 1 saturated heterocycles. The summed E-state index contributed by atoms with van der Waals surface area (Å²) >= 11 is 0. The van der Waals surface area contributed by atoms with Crippen molar-refractivity contribution in [3.63, 3.8) is 0 Å². The van der Waals surface area contributed by atoms with Crippen molar-refractivity contribution in [1.82, 2.24) is 14.2 Å². The van der Waals surface area contributed by atoms with Crippen LogP contribution < -0.4 is 0 Å². The summed E-state index contributed by atoms with van der Waals surface area (Å²) in [6.07, 6.45) is 3.74. The van der Waals surface area contributed by atoms with Crippen molar-refractivity contribution in [2.24, 2.45) is 0 Å². The summed E-state index contributed by atoms with van der Waals surface area (Å²) in [5.41, 5.74) is 0.743. The fourth-order valence-corrected chi connectivity index (χ4v) is 4.61. The highest BCUT2D eigenvalue weighted by molar-refractivity contribution is 7.89. The van der Waals surface area contributed by atoms with Gasteiger partial charge in [0.05, 0.1) is 13.2 Å². The van der Waals surface area contributed by atoms with Crippen molar-refractivity contribution < 1.29 is 21.9 Å². The van der Waals surface area contributed by atoms with Gasteiger partial charge in [0.25, 0.3) is 0 Å². The molecule has 0 atom stereocenters. The first-order chi connectivity index (χ1) is 13.5. The van der Waals surface area contributed by atoms with Crippen LogP contribution in [0, 0.1) is 11.6 Å². The largest absolute Gasteiger partial charge is 0.379 e. The predicted octanol–water partition coefficient (Wildman–Crippen LogP) is 2.27. The van der Waals surface area contributed by atoms with E-state index in [1.54, 1.807) is 24.5 Å². The SMILES string of the molecule is O=S(=O)(c1ccc(F)cc1F)N(CCCN1CCOCC1)Cc1ccncc1. The van der Waals surface area contributed by atoms with Gasteiger partial charge in [0.2, 0.25) is 10.0 Å². The summed E-state index contributed by atoms with van der Waals surface area (Å²) in [5, 5.41) is 0. The number of benzene rings is 1. The van der Waals surface area contributed by atoms with Gasteiger partial charge in [-0.05, 0) is 42.8 Å². The van der Waals surface area contributed by atoms with Crippen LogP contribution in [0.4, 0.5) is 8.78 Å². The maximum Gasteiger partial charge on any atom is 0.246 e. The maximum atomic E-state index is 14.2. The average Bonchev–Trinajstić information content (AvgIpc) is 2.68. The number of sulfonamides is 1. The number of hydrogen-bond acceptors (Lipinski definition) is 5. The molecule has 1 aromatic carbocycles. The second kappa shape index (κ2) is 9.51. The Balaban J connectivity index is 1.77. The van der Waals surface area contributed by atoms with E-state index < -0.39 is 26.6 Å². The number of pyridine rings is 1. The van der Waals surface area contributed by atoms with Crippen LogP contribution in [0.3, 0.4) is 0 Å². The van der Waals surface area contributed by atoms with E-state index in [1.165, 1.54) is 4.31 Å². The summed E-state index contributed by atoms with van der Waals surface area (Å²) in [6, 6.07) is 5.94. The van der Waals surface area contributed by atoms with Gasteiger partial charge in [-0.2, -0.15) is 4.31 Å². The summed E-state index contributed by atoms with van der Waals surface area (Å²) in [5.74, 6) is -1.91. The lowest BCUT2D eigenvalue weighted by Gasteiger charge is -2.28. The molecule has 1 fully saturated rings. The second-order valence-electron chi connectivity index (χ2n) is 6.58. The zero-order valence-corrected chi connectivity index (χ0v) is 16.2. The molecule has 0 bridgehead atoms. The van der Waals surface area contributed by atoms with Gasteiger partial charge in [-0.3, -0.25) is 9.88 Å². The Hall–Kier alpha value is -1.94. The van der Waals surface area contributed by atoms with Crippen LogP contribution in [0.1, 0.15) is 12.0 Å². The summed E-state index contributed by atoms with van der Waals surface area (Å²) in [4.78, 5) is 5.62. The van der Waals surface area contributed by atoms with Gasteiger partial charge in [-0.15, -0.1) is 0 Å². The Labute approximate surface area is 163 Å². The Bertz CT molecular complexity index is 875. The van der Waals surface area contributed by atoms with Crippen LogP contribution in [0.15, 0.2) is 47.6 Å². The molecule has 3 rings (SSSR count). The molecule has 152 valence electrons. The van der Waals surface area contributed by atoms with Crippen LogP contribution in [0.2, 0.25) is 0 Å². The Kier molecular flexibility index (Phi) is 7.06. The molecule has 0 amide bonds. The number of nitrogens with zero attached hydrogens (tertiary/aromatic N) is 3. The molecular weight excluding hydrogens is 388 g/mol. The zero-order valence-electron chi connectivity index (χ0n) is 15.4. The maximum absolute atomic E-state index is 14.2. The van der Waals surface area contributed by atoms with Crippen LogP contribution in [-0.4, -0.2) is 62.0 Å². The van der Waals surface area contributed by atoms with E-state index in [0.717, 1.165) is 37.3 Å². The molecule has 6 nitrogen and oxygen atoms in total. The van der Waals surface area contributed by atoms with Gasteiger partial charge < -0.3 is 4.74 Å². The van der Waals surface area contributed by atoms with Gasteiger partial charge in [0, 0.05) is 44.6 Å². The smallest absolute Gasteiger partial charge is 0.246 e. The van der Waals surface area contributed by atoms with E-state index in [-0.39, 0.29) is 13.1 Å². The third-order valence-corrected chi connectivity index (χ3v) is 6.48. The van der Waals surface area contributed by atoms with E-state index in [1.807, 2.05) is 0 Å². The number of aromatic nitrogens is 1. The lowest BCUT2D eigenvalue weighted by molar-refractivity contribution is 0.0368. The van der Waals surface area contributed by atoms with Crippen LogP contribution in [0.25, 0.3) is 0 Å². The molecule has 1 aliphatic heterocycles. The van der Waals surface area contributed by atoms with Crippen LogP contribution in [-0.2, 0) is 21.3 Å². The number of rotatable bonds is 8. The van der Waals surface area contributed by atoms with Gasteiger partial charge in [-0.1, -0.05) is 0 Å². The van der Waals surface area contributed by atoms with Crippen molar-refractivity contribution in [3.8, 4) is 0 Å². The molecule has 0 radical (unpaired) electrons. The predicted molar refractivity (Wildman–Crippen MR) is 100 cm³/mol. The highest BCUT2D eigenvalue weighted by atomic mass is 32.2. The zero-order chi connectivity index (χ0) is 20.0. The number of morpholine rings is 1. The quantitative estimate of drug-likeness (QED) is 0.667. The first-order valence-electron chi connectivity index (χ1n) is 9.11. The Morgan fingerprint density at radius 3 is 2.50 bits per heavy atom.